The predicted octanol–water partition coefficient (Wildman–Crippen LogP) is 18.6. The van der Waals surface area contributed by atoms with Crippen LogP contribution in [0.5, 0.6) is 0 Å². The number of aliphatic hydroxyl groups is 2. The zero-order valence-electron chi connectivity index (χ0n) is 59.3. The second-order valence-electron chi connectivity index (χ2n) is 33.6. The molecule has 0 amide bonds. The molecule has 0 aromatic carbocycles. The largest absolute Gasteiger partial charge is 0.469 e. The number of ether oxygens (including phenoxy) is 3. The van der Waals surface area contributed by atoms with Gasteiger partial charge in [-0.3, -0.25) is 19.2 Å². The van der Waals surface area contributed by atoms with E-state index in [1.165, 1.54) is 130 Å². The number of Topliss-reactive ketones (excluding diaryl/α,β-unsaturated/α-hetero) is 1. The van der Waals surface area contributed by atoms with Gasteiger partial charge in [0.05, 0.1) is 33.0 Å². The van der Waals surface area contributed by atoms with E-state index in [4.69, 9.17) is 15.6 Å². The molecule has 498 valence electrons. The third-order valence-electron chi connectivity index (χ3n) is 30.3. The van der Waals surface area contributed by atoms with Crippen LogP contribution in [-0.4, -0.2) is 66.9 Å². The monoisotopic (exact) mass is 1220 g/mol. The van der Waals surface area contributed by atoms with Crippen LogP contribution in [0.1, 0.15) is 283 Å². The van der Waals surface area contributed by atoms with Crippen molar-refractivity contribution in [3.63, 3.8) is 0 Å². The van der Waals surface area contributed by atoms with E-state index >= 15 is 0 Å². The van der Waals surface area contributed by atoms with Crippen LogP contribution >= 0.6 is 0 Å². The van der Waals surface area contributed by atoms with Gasteiger partial charge >= 0.3 is 17.9 Å². The summed E-state index contributed by atoms with van der Waals surface area (Å²) in [5, 5.41) is 21.1. The third kappa shape index (κ3) is 12.9. The van der Waals surface area contributed by atoms with Crippen LogP contribution in [0, 0.1) is 121 Å². The smallest absolute Gasteiger partial charge is 0.305 e. The van der Waals surface area contributed by atoms with E-state index in [1.807, 2.05) is 0 Å². The summed E-state index contributed by atoms with van der Waals surface area (Å²) in [6, 6.07) is 0. The van der Waals surface area contributed by atoms with Gasteiger partial charge in [-0.05, 0) is 288 Å². The summed E-state index contributed by atoms with van der Waals surface area (Å²) in [5.41, 5.74) is 6.34. The van der Waals surface area contributed by atoms with Crippen LogP contribution in [0.2, 0.25) is 0 Å². The van der Waals surface area contributed by atoms with Crippen LogP contribution in [-0.2, 0) is 33.4 Å². The number of hydrogen-bond donors (Lipinski definition) is 2. The van der Waals surface area contributed by atoms with Crippen molar-refractivity contribution in [2.45, 2.75) is 294 Å². The molecule has 0 spiro atoms. The van der Waals surface area contributed by atoms with Gasteiger partial charge in [0.25, 0.3) is 0 Å². The van der Waals surface area contributed by atoms with Crippen LogP contribution in [0.4, 0.5) is 0 Å². The number of aliphatic hydroxyl groups excluding tert-OH is 1. The molecular weight excluding hydrogens is 1090 g/mol. The quantitative estimate of drug-likeness (QED) is 0.105. The van der Waals surface area contributed by atoms with Crippen molar-refractivity contribution in [1.82, 2.24) is 0 Å². The molecular formula is C79H128O9. The fourth-order valence-electron chi connectivity index (χ4n) is 25.0. The lowest BCUT2D eigenvalue weighted by molar-refractivity contribution is -0.142. The maximum atomic E-state index is 12.0. The maximum absolute atomic E-state index is 12.0. The van der Waals surface area contributed by atoms with Crippen LogP contribution in [0.15, 0.2) is 34.9 Å². The number of ketones is 1. The maximum Gasteiger partial charge on any atom is 0.305 e. The summed E-state index contributed by atoms with van der Waals surface area (Å²) in [4.78, 5) is 46.9. The van der Waals surface area contributed by atoms with Crippen molar-refractivity contribution in [1.29, 1.82) is 0 Å². The van der Waals surface area contributed by atoms with Crippen molar-refractivity contribution in [3.8, 4) is 0 Å². The summed E-state index contributed by atoms with van der Waals surface area (Å²) in [7, 11) is 4.49. The number of methoxy groups -OCH3 is 3. The van der Waals surface area contributed by atoms with Crippen LogP contribution in [0.25, 0.3) is 0 Å². The molecule has 2 N–H and O–H groups in total. The molecule has 88 heavy (non-hydrogen) atoms. The van der Waals surface area contributed by atoms with Gasteiger partial charge in [-0.15, -0.1) is 0 Å². The van der Waals surface area contributed by atoms with E-state index in [9.17, 15) is 29.4 Å². The van der Waals surface area contributed by atoms with Crippen molar-refractivity contribution in [2.75, 3.05) is 21.3 Å². The zero-order valence-corrected chi connectivity index (χ0v) is 58.3. The molecule has 0 aliphatic heterocycles. The second-order valence-corrected chi connectivity index (χ2v) is 33.6. The molecule has 23 atom stereocenters. The highest BCUT2D eigenvalue weighted by atomic mass is 16.5. The number of allylic oxidation sites excluding steroid dienone is 4. The molecule has 0 heterocycles. The minimum atomic E-state index is -0.463. The van der Waals surface area contributed by atoms with Gasteiger partial charge in [-0.25, -0.2) is 0 Å². The van der Waals surface area contributed by atoms with E-state index in [0.29, 0.717) is 76.8 Å². The highest BCUT2D eigenvalue weighted by Gasteiger charge is 2.63. The number of carbonyl (C=O) groups is 4. The molecule has 9 nitrogen and oxygen atoms in total. The van der Waals surface area contributed by atoms with Gasteiger partial charge in [0.1, 0.15) is 5.78 Å². The average molecular weight is 1220 g/mol. The Kier molecular flexibility index (Phi) is 21.4. The van der Waals surface area contributed by atoms with Crippen molar-refractivity contribution >= 4 is 23.7 Å². The third-order valence-corrected chi connectivity index (χ3v) is 30.3. The molecule has 0 bridgehead atoms. The first-order valence-corrected chi connectivity index (χ1v) is 36.7. The summed E-state index contributed by atoms with van der Waals surface area (Å²) < 4.78 is 20.8. The van der Waals surface area contributed by atoms with E-state index in [2.05, 4.69) is 87.5 Å². The first kappa shape index (κ1) is 68.1. The highest BCUT2D eigenvalue weighted by molar-refractivity contribution is 5.82. The first-order valence-electron chi connectivity index (χ1n) is 37.4. The zero-order chi connectivity index (χ0) is 64.6. The van der Waals surface area contributed by atoms with Crippen LogP contribution < -0.4 is 0 Å². The number of carbonyl (C=O) groups excluding carboxylic acids is 4. The lowest BCUT2D eigenvalue weighted by Crippen LogP contribution is -2.52. The number of fused-ring (bicyclic) bond motifs is 15. The van der Waals surface area contributed by atoms with Gasteiger partial charge in [0, 0.05) is 33.5 Å². The lowest BCUT2D eigenvalue weighted by atomic mass is 9.46. The van der Waals surface area contributed by atoms with Crippen LogP contribution in [0.3, 0.4) is 0 Å². The summed E-state index contributed by atoms with van der Waals surface area (Å²) in [5.74, 6) is 11.5. The van der Waals surface area contributed by atoms with Crippen molar-refractivity contribution in [3.05, 3.63) is 34.9 Å². The molecule has 9 saturated carbocycles. The summed E-state index contributed by atoms with van der Waals surface area (Å²) >= 11 is 0. The van der Waals surface area contributed by atoms with Crippen molar-refractivity contribution in [2.24, 2.45) is 121 Å². The number of esters is 3. The van der Waals surface area contributed by atoms with E-state index < -0.39 is 5.60 Å². The molecule has 0 saturated heterocycles. The predicted molar refractivity (Wildman–Crippen MR) is 354 cm³/mol. The Labute approximate surface area is 537 Å². The molecule has 9 heteroatoms. The summed E-state index contributed by atoms with van der Waals surface area (Å²) in [6.07, 6.45) is 41.3. The van der Waals surface area contributed by atoms with E-state index in [1.54, 1.807) is 18.1 Å². The summed E-state index contributed by atoms with van der Waals surface area (Å²) in [6.45, 7) is 26.8. The number of hydrogen-bond acceptors (Lipinski definition) is 9. The Bertz CT molecular complexity index is 2590. The van der Waals surface area contributed by atoms with Gasteiger partial charge in [-0.2, -0.15) is 0 Å². The molecule has 9 fully saturated rings. The van der Waals surface area contributed by atoms with E-state index in [-0.39, 0.29) is 29.4 Å². The minimum absolute atomic E-state index is 0.0624. The normalized spacial score (nSPS) is 44.5. The molecule has 0 radical (unpaired) electrons. The standard InChI is InChI=1S/C27H44O3.C25H40O3.C25H38O3.C2H6/c1-6-27(29)16-15-25(3)19(17-27)8-9-20-22-11-10-21(18(2)7-12-24(28)30-5)26(22,4)14-13-23(20)25;2*1-16(5-10-23(27)28-4)20-8-9-21-19-7-6-17-15-18(26)11-13-24(17,2)22(19)12-14-25(20,21)3;1-2/h8,18,20-23,29H,6-7,9-17H2,1-5H3;6,16,18-22,26H,5,7-15H2,1-4H3;6,16,19-22H,5,7-15H2,1-4H3;1-2H3/t18-,20+,21-,22+,23+,25+,26-,27+;16-,18+,19+,20-,21+,22+,24+,25-;16-,19+,20-,21+,22+,24+,25-;/m111./s1/i;;;1D. The topological polar surface area (TPSA) is 136 Å². The van der Waals surface area contributed by atoms with Gasteiger partial charge in [0.2, 0.25) is 0 Å². The Balaban J connectivity index is 0.000000155. The molecule has 0 unspecified atom stereocenters. The SMILES string of the molecule is CC[C@]1(O)CC[C@@]2(C)C(=CC[C@H]3[C@@H]4CC[C@H]([C@H](C)CCC(=O)OC)[C@@]4(C)CC[C@@H]32)C1.COC(=O)CC[C@@H](C)[C@H]1CC[C@H]2[C@@H]3CC=C4CC(=O)CC[C@]4(C)[C@H]3CC[C@]12C.COC(=O)CC[C@@H](C)[C@H]1CC[C@H]2[C@@H]3CC=C4C[C@@H](O)CC[C@]4(C)[C@H]3CC[C@]12C.[2H]CC. The fraction of sp³-hybridized carbons (Fsp3) is 0.873. The minimum Gasteiger partial charge on any atom is -0.469 e. The Morgan fingerprint density at radius 3 is 1.31 bits per heavy atom. The van der Waals surface area contributed by atoms with E-state index in [0.717, 1.165) is 148 Å². The highest BCUT2D eigenvalue weighted by Crippen LogP contribution is 2.71. The molecule has 0 aromatic rings. The first-order chi connectivity index (χ1) is 42.2. The Morgan fingerprint density at radius 1 is 0.534 bits per heavy atom. The molecule has 0 aromatic heterocycles. The van der Waals surface area contributed by atoms with Crippen molar-refractivity contribution < 1.29 is 45.0 Å². The van der Waals surface area contributed by atoms with Gasteiger partial charge in [-0.1, -0.05) is 118 Å². The fourth-order valence-corrected chi connectivity index (χ4v) is 25.0. The average Bonchev–Trinajstić information content (AvgIpc) is 1.73. The molecule has 12 aliphatic rings. The number of rotatable bonds is 13. The van der Waals surface area contributed by atoms with Gasteiger partial charge < -0.3 is 24.4 Å². The van der Waals surface area contributed by atoms with Gasteiger partial charge in [0.15, 0.2) is 0 Å². The lowest BCUT2D eigenvalue weighted by Gasteiger charge is -2.59. The Hall–Kier alpha value is -2.78. The molecule has 12 aliphatic carbocycles. The Morgan fingerprint density at radius 2 is 0.909 bits per heavy atom. The second kappa shape index (κ2) is 27.7. The molecule has 12 rings (SSSR count).